The van der Waals surface area contributed by atoms with E-state index in [0.717, 1.165) is 6.29 Å². The van der Waals surface area contributed by atoms with Crippen molar-refractivity contribution in [3.63, 3.8) is 0 Å². The number of aldehydes is 1. The van der Waals surface area contributed by atoms with Crippen LogP contribution in [-0.2, 0) is 0 Å². The molecule has 0 amide bonds. The number of hydrogen-bond donors (Lipinski definition) is 0. The fraction of sp³-hybridized carbons (Fsp3) is 0.286. The van der Waals surface area contributed by atoms with Crippen molar-refractivity contribution in [1.82, 2.24) is 0 Å². The molecule has 0 spiro atoms. The summed E-state index contributed by atoms with van der Waals surface area (Å²) in [5.74, 6) is 1.31. The highest BCUT2D eigenvalue weighted by Crippen LogP contribution is 2.37. The van der Waals surface area contributed by atoms with Crippen LogP contribution >= 0.6 is 11.3 Å². The zero-order valence-corrected chi connectivity index (χ0v) is 6.52. The summed E-state index contributed by atoms with van der Waals surface area (Å²) < 4.78 is 10.5. The molecule has 2 heterocycles. The van der Waals surface area contributed by atoms with Gasteiger partial charge in [-0.25, -0.2) is 0 Å². The van der Waals surface area contributed by atoms with Crippen LogP contribution in [0, 0.1) is 0 Å². The summed E-state index contributed by atoms with van der Waals surface area (Å²) in [6, 6.07) is 0. The predicted octanol–water partition coefficient (Wildman–Crippen LogP) is 1.33. The number of rotatable bonds is 1. The Kier molecular flexibility index (Phi) is 1.54. The third kappa shape index (κ3) is 0.991. The molecule has 11 heavy (non-hydrogen) atoms. The van der Waals surface area contributed by atoms with Crippen LogP contribution in [0.15, 0.2) is 5.38 Å². The third-order valence-corrected chi connectivity index (χ3v) is 2.30. The normalized spacial score (nSPS) is 14.5. The van der Waals surface area contributed by atoms with Crippen molar-refractivity contribution >= 4 is 17.6 Å². The van der Waals surface area contributed by atoms with E-state index in [1.165, 1.54) is 11.3 Å². The van der Waals surface area contributed by atoms with Gasteiger partial charge in [0.05, 0.1) is 0 Å². The highest BCUT2D eigenvalue weighted by Gasteiger charge is 2.17. The lowest BCUT2D eigenvalue weighted by atomic mass is 10.4. The van der Waals surface area contributed by atoms with E-state index in [1.54, 1.807) is 5.38 Å². The highest BCUT2D eigenvalue weighted by molar-refractivity contribution is 7.12. The van der Waals surface area contributed by atoms with Gasteiger partial charge in [-0.1, -0.05) is 0 Å². The summed E-state index contributed by atoms with van der Waals surface area (Å²) in [5, 5.41) is 1.79. The summed E-state index contributed by atoms with van der Waals surface area (Å²) in [7, 11) is 0. The molecule has 3 nitrogen and oxygen atoms in total. The first-order chi connectivity index (χ1) is 5.42. The van der Waals surface area contributed by atoms with Gasteiger partial charge in [-0.2, -0.15) is 0 Å². The Morgan fingerprint density at radius 1 is 1.45 bits per heavy atom. The molecule has 1 aliphatic rings. The molecular weight excluding hydrogens is 164 g/mol. The topological polar surface area (TPSA) is 35.5 Å². The van der Waals surface area contributed by atoms with Crippen LogP contribution in [0.5, 0.6) is 11.5 Å². The Morgan fingerprint density at radius 3 is 3.09 bits per heavy atom. The average Bonchev–Trinajstić information content (AvgIpc) is 2.47. The van der Waals surface area contributed by atoms with Gasteiger partial charge in [0.25, 0.3) is 0 Å². The molecule has 0 radical (unpaired) electrons. The quantitative estimate of drug-likeness (QED) is 0.596. The Labute approximate surface area is 67.5 Å². The number of fused-ring (bicyclic) bond motifs is 1. The van der Waals surface area contributed by atoms with Crippen LogP contribution in [0.2, 0.25) is 0 Å². The first kappa shape index (κ1) is 6.67. The van der Waals surface area contributed by atoms with Crippen LogP contribution in [0.25, 0.3) is 0 Å². The number of carbonyl (C=O) groups is 1. The number of hydrogen-bond acceptors (Lipinski definition) is 4. The van der Waals surface area contributed by atoms with E-state index in [-0.39, 0.29) is 0 Å². The molecule has 0 N–H and O–H groups in total. The van der Waals surface area contributed by atoms with Gasteiger partial charge in [0.2, 0.25) is 0 Å². The monoisotopic (exact) mass is 170 g/mol. The van der Waals surface area contributed by atoms with Crippen LogP contribution in [0.3, 0.4) is 0 Å². The second-order valence-electron chi connectivity index (χ2n) is 2.11. The molecule has 1 aromatic heterocycles. The van der Waals surface area contributed by atoms with Gasteiger partial charge in [0, 0.05) is 5.38 Å². The van der Waals surface area contributed by atoms with Crippen LogP contribution in [0.4, 0.5) is 0 Å². The van der Waals surface area contributed by atoms with Crippen molar-refractivity contribution in [1.29, 1.82) is 0 Å². The minimum Gasteiger partial charge on any atom is -0.485 e. The fourth-order valence-electron chi connectivity index (χ4n) is 0.964. The molecule has 0 aromatic carbocycles. The molecule has 1 aliphatic heterocycles. The zero-order valence-electron chi connectivity index (χ0n) is 5.70. The second kappa shape index (κ2) is 2.54. The first-order valence-electron chi connectivity index (χ1n) is 3.24. The minimum absolute atomic E-state index is 0.532. The molecule has 0 saturated carbocycles. The smallest absolute Gasteiger partial charge is 0.182 e. The second-order valence-corrected chi connectivity index (χ2v) is 3.02. The molecular formula is C7H6O3S. The Morgan fingerprint density at radius 2 is 2.27 bits per heavy atom. The molecule has 0 atom stereocenters. The number of ether oxygens (including phenoxy) is 2. The van der Waals surface area contributed by atoms with E-state index >= 15 is 0 Å². The molecule has 0 bridgehead atoms. The zero-order chi connectivity index (χ0) is 7.68. The largest absolute Gasteiger partial charge is 0.485 e. The number of carbonyl (C=O) groups excluding carboxylic acids is 1. The molecule has 0 saturated heterocycles. The standard InChI is InChI=1S/C7H6O3S/c8-3-6-7-5(4-11-6)9-1-2-10-7/h3-4H,1-2H2. The highest BCUT2D eigenvalue weighted by atomic mass is 32.1. The molecule has 2 rings (SSSR count). The maximum atomic E-state index is 10.4. The van der Waals surface area contributed by atoms with Crippen LogP contribution < -0.4 is 9.47 Å². The van der Waals surface area contributed by atoms with Crippen molar-refractivity contribution < 1.29 is 14.3 Å². The summed E-state index contributed by atoms with van der Waals surface area (Å²) in [6.07, 6.45) is 0.790. The minimum atomic E-state index is 0.532. The Balaban J connectivity index is 2.45. The maximum absolute atomic E-state index is 10.4. The Hall–Kier alpha value is -1.03. The van der Waals surface area contributed by atoms with Gasteiger partial charge >= 0.3 is 0 Å². The van der Waals surface area contributed by atoms with Crippen molar-refractivity contribution in [2.75, 3.05) is 13.2 Å². The van der Waals surface area contributed by atoms with E-state index in [0.29, 0.717) is 29.6 Å². The number of thiophene rings is 1. The summed E-state index contributed by atoms with van der Waals surface area (Å²) >= 11 is 1.35. The fourth-order valence-corrected chi connectivity index (χ4v) is 1.70. The van der Waals surface area contributed by atoms with E-state index in [1.807, 2.05) is 0 Å². The van der Waals surface area contributed by atoms with E-state index in [2.05, 4.69) is 0 Å². The van der Waals surface area contributed by atoms with Gasteiger partial charge in [0.1, 0.15) is 18.1 Å². The molecule has 4 heteroatoms. The van der Waals surface area contributed by atoms with E-state index in [9.17, 15) is 4.79 Å². The lowest BCUT2D eigenvalue weighted by molar-refractivity contribution is 0.111. The van der Waals surface area contributed by atoms with Crippen molar-refractivity contribution in [2.24, 2.45) is 0 Å². The molecule has 0 unspecified atom stereocenters. The molecule has 0 fully saturated rings. The van der Waals surface area contributed by atoms with Gasteiger partial charge in [0.15, 0.2) is 17.8 Å². The van der Waals surface area contributed by atoms with Crippen LogP contribution in [-0.4, -0.2) is 19.5 Å². The van der Waals surface area contributed by atoms with Gasteiger partial charge < -0.3 is 9.47 Å². The molecule has 58 valence electrons. The van der Waals surface area contributed by atoms with E-state index < -0.39 is 0 Å². The summed E-state index contributed by atoms with van der Waals surface area (Å²) in [4.78, 5) is 11.0. The average molecular weight is 170 g/mol. The van der Waals surface area contributed by atoms with Crippen molar-refractivity contribution in [3.05, 3.63) is 10.3 Å². The molecule has 0 aliphatic carbocycles. The Bertz CT molecular complexity index is 279. The van der Waals surface area contributed by atoms with Crippen LogP contribution in [0.1, 0.15) is 9.67 Å². The summed E-state index contributed by atoms with van der Waals surface area (Å²) in [5.41, 5.74) is 0. The van der Waals surface area contributed by atoms with Crippen molar-refractivity contribution in [2.45, 2.75) is 0 Å². The van der Waals surface area contributed by atoms with Crippen molar-refractivity contribution in [3.8, 4) is 11.5 Å². The molecule has 1 aromatic rings. The van der Waals surface area contributed by atoms with E-state index in [4.69, 9.17) is 9.47 Å². The van der Waals surface area contributed by atoms with Gasteiger partial charge in [-0.3, -0.25) is 4.79 Å². The van der Waals surface area contributed by atoms with Gasteiger partial charge in [-0.15, -0.1) is 11.3 Å². The SMILES string of the molecule is O=Cc1scc2c1OCCO2. The van der Waals surface area contributed by atoms with Gasteiger partial charge in [-0.05, 0) is 0 Å². The summed E-state index contributed by atoms with van der Waals surface area (Å²) in [6.45, 7) is 1.10. The lowest BCUT2D eigenvalue weighted by Crippen LogP contribution is -2.14. The predicted molar refractivity (Wildman–Crippen MR) is 40.7 cm³/mol. The first-order valence-corrected chi connectivity index (χ1v) is 4.12. The lowest BCUT2D eigenvalue weighted by Gasteiger charge is -2.14. The third-order valence-electron chi connectivity index (χ3n) is 1.43. The maximum Gasteiger partial charge on any atom is 0.182 e.